The van der Waals surface area contributed by atoms with Gasteiger partial charge in [-0.3, -0.25) is 31.8 Å². The minimum Gasteiger partial charge on any atom is -0.387 e. The molecule has 20 nitrogen and oxygen atoms in total. The van der Waals surface area contributed by atoms with Crippen LogP contribution in [0, 0.1) is 0 Å². The largest absolute Gasteiger partial charge is 0.475 e. The molecule has 5 N–H and O–H groups in total. The number of nitrogens with zero attached hydrogens (tertiary/aromatic N) is 8. The fourth-order valence-corrected chi connectivity index (χ4v) is 7.21. The number of ether oxygens (including phenoxy) is 2. The first-order valence-electron chi connectivity index (χ1n) is 13.0. The molecule has 10 atom stereocenters. The first-order chi connectivity index (χ1) is 21.2. The molecule has 3 aliphatic heterocycles. The van der Waals surface area contributed by atoms with Gasteiger partial charge in [0.1, 0.15) is 54.2 Å². The Morgan fingerprint density at radius 2 is 1.57 bits per heavy atom. The quantitative estimate of drug-likeness (QED) is 0.250. The third kappa shape index (κ3) is 4.94. The predicted molar refractivity (Wildman–Crippen MR) is 143 cm³/mol. The Balaban J connectivity index is 1.19. The number of nitrogens with two attached hydrogens (primary N) is 2. The third-order valence-corrected chi connectivity index (χ3v) is 9.65. The number of rotatable bonds is 3. The molecule has 0 aliphatic carbocycles. The fourth-order valence-electron chi connectivity index (χ4n) is 5.23. The molecule has 4 aromatic heterocycles. The van der Waals surface area contributed by atoms with Crippen LogP contribution < -0.4 is 11.5 Å². The van der Waals surface area contributed by atoms with Gasteiger partial charge in [0.15, 0.2) is 41.6 Å². The van der Waals surface area contributed by atoms with Crippen LogP contribution >= 0.6 is 16.1 Å². The van der Waals surface area contributed by atoms with Gasteiger partial charge in [-0.2, -0.15) is 0 Å². The van der Waals surface area contributed by atoms with E-state index in [1.54, 1.807) is 0 Å². The Labute approximate surface area is 246 Å². The number of hydrogen-bond acceptors (Lipinski definition) is 18. The lowest BCUT2D eigenvalue weighted by Crippen LogP contribution is -2.35. The van der Waals surface area contributed by atoms with Crippen molar-refractivity contribution in [2.45, 2.75) is 49.1 Å². The van der Waals surface area contributed by atoms with Crippen molar-refractivity contribution in [1.29, 1.82) is 0 Å². The van der Waals surface area contributed by atoms with Crippen LogP contribution in [0.15, 0.2) is 25.3 Å². The van der Waals surface area contributed by atoms with Crippen LogP contribution in [0.5, 0.6) is 0 Å². The smallest absolute Gasteiger partial charge is 0.387 e. The Hall–Kier alpha value is -3.23. The molecule has 23 heteroatoms. The van der Waals surface area contributed by atoms with Crippen molar-refractivity contribution in [3.8, 4) is 0 Å². The van der Waals surface area contributed by atoms with E-state index in [-0.39, 0.29) is 34.0 Å². The lowest BCUT2D eigenvalue weighted by Gasteiger charge is -2.25. The van der Waals surface area contributed by atoms with Gasteiger partial charge in [0, 0.05) is 7.11 Å². The van der Waals surface area contributed by atoms with Crippen molar-refractivity contribution in [2.24, 2.45) is 0 Å². The van der Waals surface area contributed by atoms with Gasteiger partial charge in [-0.05, 0) is 0 Å². The number of phosphoric ester groups is 1. The first kappa shape index (κ1) is 29.5. The van der Waals surface area contributed by atoms with E-state index in [2.05, 4.69) is 29.9 Å². The lowest BCUT2D eigenvalue weighted by atomic mass is 10.1. The SMILES string of the molecule is COP1(=O)OCC2OC(n3cnc4c(N)ncnc43)C(O[PH](=O)OCC3OC(n4cnc5c(N)ncnc54)C(F)C3O1)C2O. The summed E-state index contributed by atoms with van der Waals surface area (Å²) in [6.45, 7) is -1.13. The van der Waals surface area contributed by atoms with Crippen molar-refractivity contribution in [2.75, 3.05) is 31.8 Å². The Morgan fingerprint density at radius 1 is 0.955 bits per heavy atom. The van der Waals surface area contributed by atoms with Crippen LogP contribution in [0.25, 0.3) is 22.3 Å². The second-order valence-corrected chi connectivity index (χ2v) is 12.6. The molecule has 3 fully saturated rings. The van der Waals surface area contributed by atoms with Crippen LogP contribution in [0.2, 0.25) is 0 Å². The van der Waals surface area contributed by atoms with Gasteiger partial charge in [-0.25, -0.2) is 38.9 Å². The van der Waals surface area contributed by atoms with E-state index in [9.17, 15) is 14.2 Å². The molecule has 0 radical (unpaired) electrons. The first-order valence-corrected chi connectivity index (χ1v) is 15.7. The van der Waals surface area contributed by atoms with Gasteiger partial charge in [0.2, 0.25) is 0 Å². The summed E-state index contributed by atoms with van der Waals surface area (Å²) in [6.07, 6.45) is -6.58. The maximum Gasteiger partial charge on any atom is 0.475 e. The van der Waals surface area contributed by atoms with Gasteiger partial charge < -0.3 is 30.6 Å². The molecule has 7 rings (SSSR count). The van der Waals surface area contributed by atoms with E-state index in [0.29, 0.717) is 0 Å². The van der Waals surface area contributed by atoms with E-state index in [0.717, 1.165) is 7.11 Å². The minimum absolute atomic E-state index is 0.0641. The highest BCUT2D eigenvalue weighted by molar-refractivity contribution is 7.48. The van der Waals surface area contributed by atoms with Crippen molar-refractivity contribution in [3.05, 3.63) is 25.3 Å². The molecule has 0 saturated carbocycles. The summed E-state index contributed by atoms with van der Waals surface area (Å²) in [5.74, 6) is 0.159. The number of aromatic nitrogens is 8. The summed E-state index contributed by atoms with van der Waals surface area (Å²) in [5.41, 5.74) is 12.6. The Morgan fingerprint density at radius 3 is 2.20 bits per heavy atom. The molecule has 3 saturated heterocycles. The number of fused-ring (bicyclic) bond motifs is 5. The molecule has 2 bridgehead atoms. The molecule has 0 amide bonds. The summed E-state index contributed by atoms with van der Waals surface area (Å²) in [7, 11) is -6.91. The number of imidazole rings is 2. The molecule has 44 heavy (non-hydrogen) atoms. The molecular formula is C21H25FN10O10P2. The van der Waals surface area contributed by atoms with Gasteiger partial charge in [-0.1, -0.05) is 0 Å². The summed E-state index contributed by atoms with van der Waals surface area (Å²) < 4.78 is 84.4. The molecule has 236 valence electrons. The van der Waals surface area contributed by atoms with E-state index in [1.807, 2.05) is 0 Å². The zero-order valence-electron chi connectivity index (χ0n) is 22.5. The number of alkyl halides is 1. The molecule has 0 spiro atoms. The average Bonchev–Trinajstić information content (AvgIpc) is 3.77. The molecular weight excluding hydrogens is 633 g/mol. The monoisotopic (exact) mass is 658 g/mol. The maximum atomic E-state index is 16.0. The Kier molecular flexibility index (Phi) is 7.56. The van der Waals surface area contributed by atoms with Gasteiger partial charge in [0.25, 0.3) is 0 Å². The second-order valence-electron chi connectivity index (χ2n) is 9.87. The lowest BCUT2D eigenvalue weighted by molar-refractivity contribution is -0.0625. The topological polar surface area (TPSA) is 258 Å². The highest BCUT2D eigenvalue weighted by Gasteiger charge is 2.53. The van der Waals surface area contributed by atoms with Crippen LogP contribution in [0.4, 0.5) is 16.0 Å². The van der Waals surface area contributed by atoms with E-state index in [4.69, 9.17) is 43.6 Å². The number of halogens is 1. The number of hydrogen-bond donors (Lipinski definition) is 3. The number of anilines is 2. The predicted octanol–water partition coefficient (Wildman–Crippen LogP) is 0.286. The second kappa shape index (κ2) is 11.3. The maximum absolute atomic E-state index is 16.0. The van der Waals surface area contributed by atoms with Crippen molar-refractivity contribution < 1.29 is 50.7 Å². The summed E-state index contributed by atoms with van der Waals surface area (Å²) >= 11 is 0. The number of phosphoric acid groups is 1. The van der Waals surface area contributed by atoms with Crippen LogP contribution in [-0.2, 0) is 41.2 Å². The highest BCUT2D eigenvalue weighted by atomic mass is 31.2. The van der Waals surface area contributed by atoms with Crippen molar-refractivity contribution in [3.63, 3.8) is 0 Å². The van der Waals surface area contributed by atoms with Gasteiger partial charge in [-0.15, -0.1) is 0 Å². The van der Waals surface area contributed by atoms with Crippen LogP contribution in [0.3, 0.4) is 0 Å². The van der Waals surface area contributed by atoms with Crippen molar-refractivity contribution in [1.82, 2.24) is 39.0 Å². The van der Waals surface area contributed by atoms with E-state index >= 15 is 4.39 Å². The number of aliphatic hydroxyl groups excluding tert-OH is 1. The minimum atomic E-state index is -4.53. The molecule has 0 aromatic carbocycles. The fraction of sp³-hybridized carbons (Fsp3) is 0.524. The normalized spacial score (nSPS) is 36.6. The van der Waals surface area contributed by atoms with Gasteiger partial charge in [0.05, 0.1) is 25.9 Å². The molecule has 3 aliphatic rings. The van der Waals surface area contributed by atoms with E-state index in [1.165, 1.54) is 34.4 Å². The van der Waals surface area contributed by atoms with Crippen LogP contribution in [-0.4, -0.2) is 101 Å². The third-order valence-electron chi connectivity index (χ3n) is 7.37. The zero-order valence-corrected chi connectivity index (χ0v) is 24.4. The van der Waals surface area contributed by atoms with Crippen LogP contribution in [0.1, 0.15) is 12.5 Å². The molecule has 4 aromatic rings. The summed E-state index contributed by atoms with van der Waals surface area (Å²) in [5, 5.41) is 11.1. The zero-order chi connectivity index (χ0) is 30.7. The van der Waals surface area contributed by atoms with Crippen molar-refractivity contribution >= 4 is 50.0 Å². The average molecular weight is 658 g/mol. The van der Waals surface area contributed by atoms with Gasteiger partial charge >= 0.3 is 16.1 Å². The molecule has 10 unspecified atom stereocenters. The summed E-state index contributed by atoms with van der Waals surface area (Å²) in [6, 6.07) is 0. The Bertz CT molecular complexity index is 1780. The number of nitrogen functional groups attached to an aromatic ring is 2. The highest BCUT2D eigenvalue weighted by Crippen LogP contribution is 2.54. The van der Waals surface area contributed by atoms with E-state index < -0.39 is 78.4 Å². The standard InChI is InChI=1S/C21H25FN10O10P2/c1-36-44(35)38-3-8-13(33)15(21(39-8)32-7-30-12-17(24)26-5-28-19(12)32)41-43(34)37-2-9-14(42-44)10(22)20(40-9)31-6-29-11-16(23)25-4-27-18(11)31/h4-10,13-15,20-21,33,43H,2-3H2,1H3,(H2,23,25,27)(H2,24,26,28). The summed E-state index contributed by atoms with van der Waals surface area (Å²) in [4.78, 5) is 24.3. The number of aliphatic hydroxyl groups is 1. The molecule has 7 heterocycles.